The third kappa shape index (κ3) is 4.52. The van der Waals surface area contributed by atoms with Gasteiger partial charge in [-0.25, -0.2) is 19.2 Å². The van der Waals surface area contributed by atoms with Gasteiger partial charge in [-0.2, -0.15) is 5.10 Å². The summed E-state index contributed by atoms with van der Waals surface area (Å²) in [7, 11) is 0. The van der Waals surface area contributed by atoms with E-state index < -0.39 is 11.5 Å². The van der Waals surface area contributed by atoms with Gasteiger partial charge in [-0.3, -0.25) is 14.3 Å². The van der Waals surface area contributed by atoms with Crippen molar-refractivity contribution in [2.75, 3.05) is 12.3 Å². The third-order valence-corrected chi connectivity index (χ3v) is 8.52. The topological polar surface area (TPSA) is 154 Å². The highest BCUT2D eigenvalue weighted by atomic mass is 16.5. The summed E-state index contributed by atoms with van der Waals surface area (Å²) >= 11 is 0. The number of nitrogens with two attached hydrogens (primary N) is 1. The van der Waals surface area contributed by atoms with E-state index in [2.05, 4.69) is 26.5 Å². The van der Waals surface area contributed by atoms with Gasteiger partial charge in [-0.05, 0) is 61.9 Å². The Balaban J connectivity index is 1.14. The molecule has 0 saturated heterocycles. The van der Waals surface area contributed by atoms with Crippen LogP contribution >= 0.6 is 0 Å². The van der Waals surface area contributed by atoms with Crippen LogP contribution in [0, 0.1) is 0 Å². The van der Waals surface area contributed by atoms with Crippen molar-refractivity contribution in [2.45, 2.75) is 63.2 Å². The number of fused-ring (bicyclic) bond motifs is 2. The molecule has 5 heterocycles. The van der Waals surface area contributed by atoms with Gasteiger partial charge in [0.05, 0.1) is 37.2 Å². The van der Waals surface area contributed by atoms with Crippen LogP contribution in [-0.4, -0.2) is 53.9 Å². The van der Waals surface area contributed by atoms with Crippen LogP contribution in [0.3, 0.4) is 0 Å². The van der Waals surface area contributed by atoms with Crippen LogP contribution in [0.5, 0.6) is 0 Å². The molecule has 12 nitrogen and oxygen atoms in total. The summed E-state index contributed by atoms with van der Waals surface area (Å²) in [5.74, 6) is 0.441. The molecule has 3 aromatic heterocycles. The van der Waals surface area contributed by atoms with E-state index in [1.165, 1.54) is 11.0 Å². The summed E-state index contributed by atoms with van der Waals surface area (Å²) in [4.78, 5) is 35.8. The molecule has 12 heteroatoms. The molecule has 0 radical (unpaired) electrons. The van der Waals surface area contributed by atoms with Crippen LogP contribution in [0.4, 0.5) is 5.82 Å². The molecule has 0 spiro atoms. The Labute approximate surface area is 241 Å². The molecule has 1 unspecified atom stereocenters. The fraction of sp³-hybridized carbons (Fsp3) is 0.367. The lowest BCUT2D eigenvalue weighted by atomic mass is 9.85. The van der Waals surface area contributed by atoms with Gasteiger partial charge in [-0.15, -0.1) is 0 Å². The molecule has 216 valence electrons. The first-order chi connectivity index (χ1) is 20.5. The normalized spacial score (nSPS) is 22.1. The van der Waals surface area contributed by atoms with Crippen molar-refractivity contribution in [3.8, 4) is 5.69 Å². The van der Waals surface area contributed by atoms with Crippen molar-refractivity contribution in [2.24, 2.45) is 4.99 Å². The smallest absolute Gasteiger partial charge is 0.284 e. The monoisotopic (exact) mass is 568 g/mol. The Bertz CT molecular complexity index is 1780. The maximum atomic E-state index is 13.5. The first kappa shape index (κ1) is 26.4. The van der Waals surface area contributed by atoms with Crippen molar-refractivity contribution >= 4 is 23.5 Å². The molecule has 1 atom stereocenters. The zero-order valence-corrected chi connectivity index (χ0v) is 23.0. The number of aromatic nitrogens is 5. The van der Waals surface area contributed by atoms with Crippen LogP contribution in [0.25, 0.3) is 11.2 Å². The average molecular weight is 569 g/mol. The SMILES string of the molecule is Nc1ncnn2c(C3CCC(O)CC3)cc(C3C=NC(NC(=O)c4c5n(n(-c6ccccc6)c4=O)CCOC5)=CC3)c12. The number of ether oxygens (including phenoxy) is 1. The standard InChI is InChI=1S/C30H32N8O4/c31-28-27-22(14-23(37(27)34-17-33-28)18-6-9-21(39)10-7-18)19-8-11-25(32-15-19)35-29(40)26-24-16-42-13-12-36(24)38(30(26)41)20-4-2-1-3-5-20/h1-5,11,14-15,17-19,21,39H,6-10,12-13,16H2,(H,35,40)(H2,31,33,34). The maximum absolute atomic E-state index is 13.5. The highest BCUT2D eigenvalue weighted by Gasteiger charge is 2.30. The fourth-order valence-corrected chi connectivity index (χ4v) is 6.40. The quantitative estimate of drug-likeness (QED) is 0.334. The number of aliphatic hydroxyl groups is 1. The number of aliphatic imine (C=N–C) groups is 1. The number of nitrogens with zero attached hydrogens (tertiary/aromatic N) is 6. The number of carbonyl (C=O) groups excluding carboxylic acids is 1. The second-order valence-corrected chi connectivity index (χ2v) is 11.0. The average Bonchev–Trinajstić information content (AvgIpc) is 3.54. The summed E-state index contributed by atoms with van der Waals surface area (Å²) in [5.41, 5.74) is 10.0. The number of carbonyl (C=O) groups is 1. The van der Waals surface area contributed by atoms with E-state index in [0.29, 0.717) is 42.6 Å². The van der Waals surface area contributed by atoms with Crippen LogP contribution in [0.15, 0.2) is 64.4 Å². The minimum Gasteiger partial charge on any atom is -0.393 e. The van der Waals surface area contributed by atoms with Gasteiger partial charge in [0.25, 0.3) is 11.5 Å². The van der Waals surface area contributed by atoms with Crippen LogP contribution in [-0.2, 0) is 17.9 Å². The fourth-order valence-electron chi connectivity index (χ4n) is 6.40. The van der Waals surface area contributed by atoms with Gasteiger partial charge in [0.2, 0.25) is 0 Å². The Hall–Kier alpha value is -4.55. The van der Waals surface area contributed by atoms with Crippen LogP contribution in [0.1, 0.15) is 71.2 Å². The first-order valence-corrected chi connectivity index (χ1v) is 14.3. The Morgan fingerprint density at radius 3 is 2.71 bits per heavy atom. The van der Waals surface area contributed by atoms with Crippen molar-refractivity contribution in [3.05, 3.63) is 87.5 Å². The minimum atomic E-state index is -0.514. The molecular formula is C30H32N8O4. The number of para-hydroxylation sites is 1. The summed E-state index contributed by atoms with van der Waals surface area (Å²) in [5, 5.41) is 17.3. The lowest BCUT2D eigenvalue weighted by molar-refractivity contribution is 0.0751. The summed E-state index contributed by atoms with van der Waals surface area (Å²) in [6.07, 6.45) is 8.73. The lowest BCUT2D eigenvalue weighted by Crippen LogP contribution is -2.30. The number of hydrogen-bond donors (Lipinski definition) is 3. The molecule has 1 aliphatic carbocycles. The number of nitrogens with one attached hydrogen (secondary N) is 1. The van der Waals surface area contributed by atoms with Crippen molar-refractivity contribution in [1.29, 1.82) is 0 Å². The van der Waals surface area contributed by atoms with E-state index >= 15 is 0 Å². The molecular weight excluding hydrogens is 536 g/mol. The van der Waals surface area contributed by atoms with Gasteiger partial charge < -0.3 is 20.9 Å². The van der Waals surface area contributed by atoms with Crippen LogP contribution < -0.4 is 16.6 Å². The van der Waals surface area contributed by atoms with E-state index in [0.717, 1.165) is 42.5 Å². The Morgan fingerprint density at radius 1 is 1.14 bits per heavy atom. The van der Waals surface area contributed by atoms with Gasteiger partial charge in [0.15, 0.2) is 5.82 Å². The summed E-state index contributed by atoms with van der Waals surface area (Å²) in [6.45, 7) is 1.10. The Kier molecular flexibility index (Phi) is 6.71. The van der Waals surface area contributed by atoms with Crippen molar-refractivity contribution < 1.29 is 14.6 Å². The van der Waals surface area contributed by atoms with E-state index in [1.807, 2.05) is 45.6 Å². The second kappa shape index (κ2) is 10.7. The number of amides is 1. The van der Waals surface area contributed by atoms with Crippen molar-refractivity contribution in [1.82, 2.24) is 29.3 Å². The summed E-state index contributed by atoms with van der Waals surface area (Å²) < 4.78 is 10.8. The highest BCUT2D eigenvalue weighted by molar-refractivity contribution is 5.96. The number of allylic oxidation sites excluding steroid dienone is 1. The van der Waals surface area contributed by atoms with E-state index in [4.69, 9.17) is 10.5 Å². The predicted octanol–water partition coefficient (Wildman–Crippen LogP) is 2.64. The van der Waals surface area contributed by atoms with E-state index in [1.54, 1.807) is 6.21 Å². The molecule has 42 heavy (non-hydrogen) atoms. The second-order valence-electron chi connectivity index (χ2n) is 11.0. The number of hydrogen-bond acceptors (Lipinski definition) is 8. The van der Waals surface area contributed by atoms with Gasteiger partial charge in [0, 0.05) is 23.7 Å². The zero-order chi connectivity index (χ0) is 28.8. The first-order valence-electron chi connectivity index (χ1n) is 14.3. The molecule has 1 aromatic carbocycles. The molecule has 4 N–H and O–H groups in total. The Morgan fingerprint density at radius 2 is 1.95 bits per heavy atom. The number of rotatable bonds is 5. The summed E-state index contributed by atoms with van der Waals surface area (Å²) in [6, 6.07) is 11.4. The zero-order valence-electron chi connectivity index (χ0n) is 23.0. The van der Waals surface area contributed by atoms with Gasteiger partial charge in [0.1, 0.15) is 23.2 Å². The van der Waals surface area contributed by atoms with Crippen molar-refractivity contribution in [3.63, 3.8) is 0 Å². The molecule has 3 aliphatic rings. The molecule has 1 amide bonds. The maximum Gasteiger partial charge on any atom is 0.284 e. The van der Waals surface area contributed by atoms with Crippen LogP contribution in [0.2, 0.25) is 0 Å². The molecule has 1 fully saturated rings. The minimum absolute atomic E-state index is 0.0577. The number of nitrogen functional groups attached to an aromatic ring is 1. The van der Waals surface area contributed by atoms with Gasteiger partial charge >= 0.3 is 0 Å². The molecule has 1 saturated carbocycles. The lowest BCUT2D eigenvalue weighted by Gasteiger charge is -2.25. The third-order valence-electron chi connectivity index (χ3n) is 8.52. The predicted molar refractivity (Wildman–Crippen MR) is 156 cm³/mol. The van der Waals surface area contributed by atoms with Gasteiger partial charge in [-0.1, -0.05) is 18.2 Å². The van der Waals surface area contributed by atoms with E-state index in [-0.39, 0.29) is 30.1 Å². The molecule has 4 aromatic rings. The van der Waals surface area contributed by atoms with E-state index in [9.17, 15) is 14.7 Å². The number of benzene rings is 1. The molecule has 2 aliphatic heterocycles. The highest BCUT2D eigenvalue weighted by Crippen LogP contribution is 2.38. The number of anilines is 1. The molecule has 0 bridgehead atoms. The molecule has 7 rings (SSSR count). The largest absolute Gasteiger partial charge is 0.393 e. The number of aliphatic hydroxyl groups excluding tert-OH is 1.